The van der Waals surface area contributed by atoms with Crippen LogP contribution < -0.4 is 0 Å². The van der Waals surface area contributed by atoms with Crippen molar-refractivity contribution in [2.75, 3.05) is 0 Å². The van der Waals surface area contributed by atoms with E-state index in [1.54, 1.807) is 18.2 Å². The molecule has 0 saturated carbocycles. The van der Waals surface area contributed by atoms with Gasteiger partial charge >= 0.3 is 5.97 Å². The van der Waals surface area contributed by atoms with Gasteiger partial charge in [-0.15, -0.1) is 21.5 Å². The number of halogens is 2. The Kier molecular flexibility index (Phi) is 4.90. The maximum atomic E-state index is 11.8. The minimum atomic E-state index is -0.466. The quantitative estimate of drug-likeness (QED) is 0.645. The van der Waals surface area contributed by atoms with E-state index in [1.165, 1.54) is 16.1 Å². The molecule has 0 radical (unpaired) electrons. The Hall–Kier alpha value is -1.96. The van der Waals surface area contributed by atoms with Crippen molar-refractivity contribution < 1.29 is 9.53 Å². The number of carbonyl (C=O) groups excluding carboxylic acids is 1. The Bertz CT molecular complexity index is 820. The zero-order chi connectivity index (χ0) is 16.2. The second-order valence-corrected chi connectivity index (χ2v) is 6.29. The van der Waals surface area contributed by atoms with Gasteiger partial charge in [-0.2, -0.15) is 4.80 Å². The number of hydrogen-bond donors (Lipinski definition) is 0. The van der Waals surface area contributed by atoms with E-state index in [2.05, 4.69) is 15.4 Å². The van der Waals surface area contributed by atoms with E-state index in [1.807, 2.05) is 17.5 Å². The fraction of sp³-hybridized carbons (Fsp3) is 0.143. The molecule has 2 aromatic heterocycles. The number of rotatable bonds is 5. The summed E-state index contributed by atoms with van der Waals surface area (Å²) in [4.78, 5) is 13.9. The van der Waals surface area contributed by atoms with E-state index in [0.717, 1.165) is 10.4 Å². The van der Waals surface area contributed by atoms with Gasteiger partial charge in [-0.05, 0) is 34.4 Å². The number of aromatic nitrogens is 4. The molecule has 0 spiro atoms. The summed E-state index contributed by atoms with van der Waals surface area (Å²) in [6.45, 7) is -0.0120. The Balaban J connectivity index is 1.56. The highest BCUT2D eigenvalue weighted by Gasteiger charge is 2.11. The Labute approximate surface area is 145 Å². The van der Waals surface area contributed by atoms with Gasteiger partial charge in [-0.3, -0.25) is 0 Å². The smallest absolute Gasteiger partial charge is 0.330 e. The fourth-order valence-corrected chi connectivity index (χ4v) is 2.74. The maximum absolute atomic E-state index is 11.8. The molecule has 0 aliphatic rings. The monoisotopic (exact) mass is 368 g/mol. The van der Waals surface area contributed by atoms with Gasteiger partial charge in [0.15, 0.2) is 6.54 Å². The third-order valence-electron chi connectivity index (χ3n) is 2.85. The van der Waals surface area contributed by atoms with Crippen LogP contribution in [-0.2, 0) is 22.7 Å². The van der Waals surface area contributed by atoms with Crippen molar-refractivity contribution in [2.45, 2.75) is 13.2 Å². The van der Waals surface area contributed by atoms with Crippen LogP contribution in [0.15, 0.2) is 35.7 Å². The van der Waals surface area contributed by atoms with E-state index < -0.39 is 5.97 Å². The van der Waals surface area contributed by atoms with E-state index >= 15 is 0 Å². The number of esters is 1. The Morgan fingerprint density at radius 1 is 1.26 bits per heavy atom. The van der Waals surface area contributed by atoms with Crippen molar-refractivity contribution in [2.24, 2.45) is 0 Å². The topological polar surface area (TPSA) is 69.9 Å². The molecule has 3 aromatic rings. The summed E-state index contributed by atoms with van der Waals surface area (Å²) in [6, 6.07) is 8.82. The van der Waals surface area contributed by atoms with Gasteiger partial charge in [0.25, 0.3) is 0 Å². The molecule has 0 N–H and O–H groups in total. The second kappa shape index (κ2) is 7.08. The number of tetrazole rings is 1. The summed E-state index contributed by atoms with van der Waals surface area (Å²) in [5.41, 5.74) is 0.749. The van der Waals surface area contributed by atoms with E-state index in [0.29, 0.717) is 15.9 Å². The summed E-state index contributed by atoms with van der Waals surface area (Å²) >= 11 is 13.2. The first-order chi connectivity index (χ1) is 11.1. The summed E-state index contributed by atoms with van der Waals surface area (Å²) in [5, 5.41) is 14.7. The zero-order valence-corrected chi connectivity index (χ0v) is 14.0. The SMILES string of the molecule is O=C(Cn1nnc(-c2cccs2)n1)OCc1ccc(Cl)c(Cl)c1. The van der Waals surface area contributed by atoms with E-state index in [9.17, 15) is 4.79 Å². The molecule has 0 amide bonds. The van der Waals surface area contributed by atoms with Crippen LogP contribution >= 0.6 is 34.5 Å². The number of nitrogens with zero attached hydrogens (tertiary/aromatic N) is 4. The van der Waals surface area contributed by atoms with Crippen molar-refractivity contribution in [1.82, 2.24) is 20.2 Å². The average Bonchev–Trinajstić information content (AvgIpc) is 3.19. The van der Waals surface area contributed by atoms with Crippen LogP contribution in [0, 0.1) is 0 Å². The number of hydrogen-bond acceptors (Lipinski definition) is 6. The second-order valence-electron chi connectivity index (χ2n) is 4.53. The minimum Gasteiger partial charge on any atom is -0.459 e. The van der Waals surface area contributed by atoms with E-state index in [-0.39, 0.29) is 13.2 Å². The fourth-order valence-electron chi connectivity index (χ4n) is 1.77. The van der Waals surface area contributed by atoms with Gasteiger partial charge in [0.05, 0.1) is 14.9 Å². The normalized spacial score (nSPS) is 10.7. The molecular formula is C14H10Cl2N4O2S. The highest BCUT2D eigenvalue weighted by atomic mass is 35.5. The number of ether oxygens (including phenoxy) is 1. The van der Waals surface area contributed by atoms with Crippen LogP contribution in [0.25, 0.3) is 10.7 Å². The molecule has 0 aliphatic carbocycles. The molecule has 0 bridgehead atoms. The van der Waals surface area contributed by atoms with Crippen LogP contribution in [0.2, 0.25) is 10.0 Å². The predicted octanol–water partition coefficient (Wildman–Crippen LogP) is 3.45. The first kappa shape index (κ1) is 15.9. The predicted molar refractivity (Wildman–Crippen MR) is 87.4 cm³/mol. The lowest BCUT2D eigenvalue weighted by Crippen LogP contribution is -2.15. The zero-order valence-electron chi connectivity index (χ0n) is 11.6. The molecule has 2 heterocycles. The van der Waals surface area contributed by atoms with Crippen LogP contribution in [0.5, 0.6) is 0 Å². The molecule has 6 nitrogen and oxygen atoms in total. The highest BCUT2D eigenvalue weighted by Crippen LogP contribution is 2.23. The van der Waals surface area contributed by atoms with Crippen molar-refractivity contribution in [3.05, 3.63) is 51.3 Å². The third kappa shape index (κ3) is 4.07. The van der Waals surface area contributed by atoms with Crippen LogP contribution in [-0.4, -0.2) is 26.2 Å². The van der Waals surface area contributed by atoms with Crippen LogP contribution in [0.4, 0.5) is 0 Å². The standard InChI is InChI=1S/C14H10Cl2N4O2S/c15-10-4-3-9(6-11(10)16)8-22-13(21)7-20-18-14(17-19-20)12-2-1-5-23-12/h1-6H,7-8H2. The van der Waals surface area contributed by atoms with Crippen molar-refractivity contribution in [3.8, 4) is 10.7 Å². The van der Waals surface area contributed by atoms with Gasteiger partial charge in [0, 0.05) is 0 Å². The Morgan fingerprint density at radius 3 is 2.87 bits per heavy atom. The van der Waals surface area contributed by atoms with Crippen molar-refractivity contribution in [3.63, 3.8) is 0 Å². The molecule has 118 valence electrons. The molecule has 0 fully saturated rings. The summed E-state index contributed by atoms with van der Waals surface area (Å²) in [7, 11) is 0. The van der Waals surface area contributed by atoms with Gasteiger partial charge < -0.3 is 4.74 Å². The third-order valence-corrected chi connectivity index (χ3v) is 4.45. The van der Waals surface area contributed by atoms with Gasteiger partial charge in [-0.25, -0.2) is 4.79 Å². The summed E-state index contributed by atoms with van der Waals surface area (Å²) in [5.74, 6) is 0.0171. The van der Waals surface area contributed by atoms with Gasteiger partial charge in [-0.1, -0.05) is 35.3 Å². The minimum absolute atomic E-state index is 0.0994. The summed E-state index contributed by atoms with van der Waals surface area (Å²) in [6.07, 6.45) is 0. The van der Waals surface area contributed by atoms with Gasteiger partial charge in [0.2, 0.25) is 5.82 Å². The molecule has 0 aliphatic heterocycles. The van der Waals surface area contributed by atoms with Crippen LogP contribution in [0.1, 0.15) is 5.56 Å². The molecule has 0 unspecified atom stereocenters. The molecule has 0 saturated heterocycles. The lowest BCUT2D eigenvalue weighted by atomic mass is 10.2. The van der Waals surface area contributed by atoms with Gasteiger partial charge in [0.1, 0.15) is 6.61 Å². The number of thiophene rings is 1. The van der Waals surface area contributed by atoms with E-state index in [4.69, 9.17) is 27.9 Å². The average molecular weight is 369 g/mol. The molecule has 23 heavy (non-hydrogen) atoms. The first-order valence-corrected chi connectivity index (χ1v) is 8.16. The van der Waals surface area contributed by atoms with Crippen molar-refractivity contribution in [1.29, 1.82) is 0 Å². The van der Waals surface area contributed by atoms with Crippen LogP contribution in [0.3, 0.4) is 0 Å². The highest BCUT2D eigenvalue weighted by molar-refractivity contribution is 7.13. The Morgan fingerprint density at radius 2 is 2.13 bits per heavy atom. The molecular weight excluding hydrogens is 359 g/mol. The summed E-state index contributed by atoms with van der Waals surface area (Å²) < 4.78 is 5.16. The largest absolute Gasteiger partial charge is 0.459 e. The molecule has 1 aromatic carbocycles. The lowest BCUT2D eigenvalue weighted by Gasteiger charge is -2.05. The number of benzene rings is 1. The molecule has 3 rings (SSSR count). The lowest BCUT2D eigenvalue weighted by molar-refractivity contribution is -0.146. The maximum Gasteiger partial charge on any atom is 0.330 e. The molecule has 9 heteroatoms. The first-order valence-electron chi connectivity index (χ1n) is 6.53. The number of carbonyl (C=O) groups is 1. The van der Waals surface area contributed by atoms with Crippen molar-refractivity contribution >= 4 is 40.5 Å². The molecule has 0 atom stereocenters.